The van der Waals surface area contributed by atoms with Crippen molar-refractivity contribution in [1.82, 2.24) is 30.2 Å². The molecule has 5 aromatic rings. The molecule has 2 saturated heterocycles. The first-order valence-corrected chi connectivity index (χ1v) is 12.2. The summed E-state index contributed by atoms with van der Waals surface area (Å²) < 4.78 is 0. The molecule has 8 rings (SSSR count). The van der Waals surface area contributed by atoms with Crippen LogP contribution in [0.3, 0.4) is 0 Å². The molecule has 3 aliphatic rings. The van der Waals surface area contributed by atoms with Crippen LogP contribution in [-0.2, 0) is 0 Å². The molecule has 4 aromatic heterocycles. The SMILES string of the molecule is C1=CC(c2cncc3nc(-c4ccnc5[nH]c6ccccc6c45)nc(N4CCC5CNCC54)c23)=C1. The second-order valence-corrected chi connectivity index (χ2v) is 9.65. The van der Waals surface area contributed by atoms with E-state index in [1.54, 1.807) is 0 Å². The van der Waals surface area contributed by atoms with E-state index in [-0.39, 0.29) is 0 Å². The number of hydrogen-bond acceptors (Lipinski definition) is 6. The van der Waals surface area contributed by atoms with E-state index in [2.05, 4.69) is 61.6 Å². The highest BCUT2D eigenvalue weighted by molar-refractivity contribution is 6.13. The van der Waals surface area contributed by atoms with Crippen LogP contribution in [0.25, 0.3) is 49.8 Å². The largest absolute Gasteiger partial charge is 0.351 e. The minimum atomic E-state index is 0.457. The highest BCUT2D eigenvalue weighted by Gasteiger charge is 2.39. The first-order chi connectivity index (χ1) is 17.3. The van der Waals surface area contributed by atoms with Gasteiger partial charge in [0, 0.05) is 65.5 Å². The molecular weight excluding hydrogens is 434 g/mol. The van der Waals surface area contributed by atoms with Gasteiger partial charge in [0.15, 0.2) is 5.82 Å². The zero-order chi connectivity index (χ0) is 22.9. The third kappa shape index (κ3) is 2.76. The average molecular weight is 458 g/mol. The lowest BCUT2D eigenvalue weighted by atomic mass is 9.97. The van der Waals surface area contributed by atoms with Gasteiger partial charge in [-0.05, 0) is 30.0 Å². The van der Waals surface area contributed by atoms with E-state index >= 15 is 0 Å². The topological polar surface area (TPSA) is 82.6 Å². The number of pyridine rings is 2. The second kappa shape index (κ2) is 7.20. The van der Waals surface area contributed by atoms with E-state index in [1.165, 1.54) is 12.0 Å². The maximum Gasteiger partial charge on any atom is 0.163 e. The Bertz CT molecular complexity index is 1710. The number of benzene rings is 1. The van der Waals surface area contributed by atoms with Crippen LogP contribution in [-0.4, -0.2) is 50.6 Å². The highest BCUT2D eigenvalue weighted by atomic mass is 15.3. The number of aromatic amines is 1. The van der Waals surface area contributed by atoms with Crippen molar-refractivity contribution in [3.63, 3.8) is 0 Å². The number of hydrogen-bond donors (Lipinski definition) is 2. The normalized spacial score (nSPS) is 21.1. The summed E-state index contributed by atoms with van der Waals surface area (Å²) in [7, 11) is 0. The molecule has 0 amide bonds. The lowest BCUT2D eigenvalue weighted by Gasteiger charge is -2.27. The number of nitrogens with zero attached hydrogens (tertiary/aromatic N) is 5. The third-order valence-electron chi connectivity index (χ3n) is 7.81. The fourth-order valence-electron chi connectivity index (χ4n) is 6.05. The van der Waals surface area contributed by atoms with Gasteiger partial charge in [0.2, 0.25) is 0 Å². The minimum Gasteiger partial charge on any atom is -0.351 e. The molecule has 0 saturated carbocycles. The molecule has 0 spiro atoms. The highest BCUT2D eigenvalue weighted by Crippen LogP contribution is 2.40. The Morgan fingerprint density at radius 2 is 1.91 bits per heavy atom. The molecule has 0 radical (unpaired) electrons. The zero-order valence-corrected chi connectivity index (χ0v) is 19.1. The fraction of sp³-hybridized carbons (Fsp3) is 0.214. The van der Waals surface area contributed by atoms with Gasteiger partial charge in [-0.15, -0.1) is 0 Å². The van der Waals surface area contributed by atoms with Crippen LogP contribution >= 0.6 is 0 Å². The molecule has 7 heteroatoms. The first kappa shape index (κ1) is 19.2. The number of nitrogens with one attached hydrogen (secondary N) is 2. The summed E-state index contributed by atoms with van der Waals surface area (Å²) in [6, 6.07) is 10.8. The van der Waals surface area contributed by atoms with E-state index in [9.17, 15) is 0 Å². The summed E-state index contributed by atoms with van der Waals surface area (Å²) in [5.41, 5.74) is 6.08. The molecule has 7 nitrogen and oxygen atoms in total. The Morgan fingerprint density at radius 3 is 2.83 bits per heavy atom. The molecule has 2 N–H and O–H groups in total. The Morgan fingerprint density at radius 1 is 0.971 bits per heavy atom. The van der Waals surface area contributed by atoms with Gasteiger partial charge in [0.05, 0.1) is 17.1 Å². The van der Waals surface area contributed by atoms with Crippen LogP contribution in [0.15, 0.2) is 67.2 Å². The van der Waals surface area contributed by atoms with Crippen molar-refractivity contribution in [2.24, 2.45) is 5.92 Å². The van der Waals surface area contributed by atoms with Crippen LogP contribution in [0.2, 0.25) is 0 Å². The lowest BCUT2D eigenvalue weighted by Crippen LogP contribution is -2.35. The number of rotatable bonds is 3. The van der Waals surface area contributed by atoms with Crippen LogP contribution in [0.4, 0.5) is 5.82 Å². The van der Waals surface area contributed by atoms with Crippen molar-refractivity contribution in [3.8, 4) is 11.4 Å². The summed E-state index contributed by atoms with van der Waals surface area (Å²) in [6.45, 7) is 3.09. The predicted molar refractivity (Wildman–Crippen MR) is 139 cm³/mol. The number of para-hydroxylation sites is 1. The van der Waals surface area contributed by atoms with Crippen molar-refractivity contribution < 1.29 is 0 Å². The van der Waals surface area contributed by atoms with E-state index in [4.69, 9.17) is 9.97 Å². The van der Waals surface area contributed by atoms with E-state index < -0.39 is 0 Å². The molecule has 1 aromatic carbocycles. The number of H-pyrrole nitrogens is 1. The Balaban J connectivity index is 1.42. The molecule has 1 aliphatic carbocycles. The molecule has 2 atom stereocenters. The second-order valence-electron chi connectivity index (χ2n) is 9.65. The molecule has 170 valence electrons. The summed E-state index contributed by atoms with van der Waals surface area (Å²) in [5.74, 6) is 2.40. The maximum absolute atomic E-state index is 5.32. The van der Waals surface area contributed by atoms with Gasteiger partial charge >= 0.3 is 0 Å². The lowest BCUT2D eigenvalue weighted by molar-refractivity contribution is 0.578. The summed E-state index contributed by atoms with van der Waals surface area (Å²) >= 11 is 0. The third-order valence-corrected chi connectivity index (χ3v) is 7.81. The quantitative estimate of drug-likeness (QED) is 0.416. The molecule has 0 bridgehead atoms. The Hall–Kier alpha value is -4.10. The number of aromatic nitrogens is 5. The maximum atomic E-state index is 5.32. The van der Waals surface area contributed by atoms with E-state index in [0.29, 0.717) is 12.0 Å². The Kier molecular flexibility index (Phi) is 3.96. The Labute approximate surface area is 201 Å². The molecule has 2 fully saturated rings. The zero-order valence-electron chi connectivity index (χ0n) is 19.1. The number of fused-ring (bicyclic) bond motifs is 5. The summed E-state index contributed by atoms with van der Waals surface area (Å²) in [5, 5.41) is 6.87. The number of allylic oxidation sites excluding steroid dienone is 4. The predicted octanol–water partition coefficient (Wildman–Crippen LogP) is 4.47. The van der Waals surface area contributed by atoms with Gasteiger partial charge < -0.3 is 15.2 Å². The van der Waals surface area contributed by atoms with Crippen LogP contribution in [0.1, 0.15) is 12.0 Å². The molecule has 35 heavy (non-hydrogen) atoms. The summed E-state index contributed by atoms with van der Waals surface area (Å²) in [6.07, 6.45) is 13.2. The molecular formula is C28H23N7. The van der Waals surface area contributed by atoms with Crippen molar-refractivity contribution >= 4 is 44.2 Å². The van der Waals surface area contributed by atoms with E-state index in [1.807, 2.05) is 30.7 Å². The minimum absolute atomic E-state index is 0.457. The van der Waals surface area contributed by atoms with Crippen molar-refractivity contribution in [3.05, 3.63) is 72.7 Å². The van der Waals surface area contributed by atoms with Crippen molar-refractivity contribution in [2.45, 2.75) is 12.5 Å². The first-order valence-electron chi connectivity index (χ1n) is 12.2. The number of anilines is 1. The van der Waals surface area contributed by atoms with Gasteiger partial charge in [-0.3, -0.25) is 4.98 Å². The van der Waals surface area contributed by atoms with Crippen LogP contribution < -0.4 is 10.2 Å². The monoisotopic (exact) mass is 457 g/mol. The van der Waals surface area contributed by atoms with Gasteiger partial charge in [-0.25, -0.2) is 15.0 Å². The van der Waals surface area contributed by atoms with Gasteiger partial charge in [-0.1, -0.05) is 36.4 Å². The van der Waals surface area contributed by atoms with Gasteiger partial charge in [-0.2, -0.15) is 0 Å². The fourth-order valence-corrected chi connectivity index (χ4v) is 6.05. The standard InChI is InChI=1S/C28H23N7/c1-2-7-21-18(6-1)24-19(8-10-31-27(24)32-21)26-33-22-14-30-13-20(16-4-3-5-16)25(22)28(34-26)35-11-9-17-12-29-15-23(17)35/h1-8,10,13-14,17,23,29H,9,11-12,15H2,(H,31,32). The smallest absolute Gasteiger partial charge is 0.163 e. The molecule has 6 heterocycles. The molecule has 2 aliphatic heterocycles. The van der Waals surface area contributed by atoms with Crippen molar-refractivity contribution in [1.29, 1.82) is 0 Å². The van der Waals surface area contributed by atoms with E-state index in [0.717, 1.165) is 75.2 Å². The van der Waals surface area contributed by atoms with Gasteiger partial charge in [0.25, 0.3) is 0 Å². The summed E-state index contributed by atoms with van der Waals surface area (Å²) in [4.78, 5) is 25.6. The van der Waals surface area contributed by atoms with Crippen LogP contribution in [0.5, 0.6) is 0 Å². The average Bonchev–Trinajstić information content (AvgIpc) is 3.56. The van der Waals surface area contributed by atoms with Crippen molar-refractivity contribution in [2.75, 3.05) is 24.5 Å². The van der Waals surface area contributed by atoms with Gasteiger partial charge in [0.1, 0.15) is 11.5 Å². The van der Waals surface area contributed by atoms with Crippen LogP contribution in [0, 0.1) is 5.92 Å². The molecule has 2 unspecified atom stereocenters.